The van der Waals surface area contributed by atoms with E-state index in [0.29, 0.717) is 11.5 Å². The second kappa shape index (κ2) is 8.12. The van der Waals surface area contributed by atoms with Gasteiger partial charge in [0.25, 0.3) is 0 Å². The molecule has 178 valence electrons. The standard InChI is InChI=1S/C20H22F3N5O4S/c1-10-6-7-24-19(26-10)27-17-11(2)18(13-4-5-13)28(12(3)29)15-8-16(25-9-14(15)17)32-33(30,31)20(21,22)23/h6-9,11,13,17-18H,4-5H2,1-3H3,(H,24,26,27)/t11-,17-,18-/m1/s1. The molecular formula is C20H22F3N5O4S. The van der Waals surface area contributed by atoms with Crippen LogP contribution in [0.4, 0.5) is 24.8 Å². The Bertz CT molecular complexity index is 1190. The fourth-order valence-corrected chi connectivity index (χ4v) is 4.70. The predicted octanol–water partition coefficient (Wildman–Crippen LogP) is 3.34. The van der Waals surface area contributed by atoms with Crippen molar-refractivity contribution in [2.75, 3.05) is 10.2 Å². The Kier molecular flexibility index (Phi) is 5.71. The molecule has 0 saturated heterocycles. The van der Waals surface area contributed by atoms with Crippen molar-refractivity contribution in [2.24, 2.45) is 11.8 Å². The number of hydrogen-bond donors (Lipinski definition) is 1. The fraction of sp³-hybridized carbons (Fsp3) is 0.500. The molecule has 0 aromatic carbocycles. The summed E-state index contributed by atoms with van der Waals surface area (Å²) < 4.78 is 65.6. The van der Waals surface area contributed by atoms with Gasteiger partial charge in [0.1, 0.15) is 0 Å². The van der Waals surface area contributed by atoms with Gasteiger partial charge in [-0.2, -0.15) is 21.6 Å². The van der Waals surface area contributed by atoms with Crippen LogP contribution in [0.25, 0.3) is 0 Å². The van der Waals surface area contributed by atoms with E-state index in [0.717, 1.165) is 24.6 Å². The number of alkyl halides is 3. The molecule has 3 atom stereocenters. The molecule has 1 N–H and O–H groups in total. The molecule has 1 amide bonds. The molecule has 33 heavy (non-hydrogen) atoms. The summed E-state index contributed by atoms with van der Waals surface area (Å²) in [4.78, 5) is 26.5. The lowest BCUT2D eigenvalue weighted by Gasteiger charge is -2.45. The highest BCUT2D eigenvalue weighted by molar-refractivity contribution is 7.87. The van der Waals surface area contributed by atoms with Gasteiger partial charge in [-0.25, -0.2) is 15.0 Å². The van der Waals surface area contributed by atoms with Crippen molar-refractivity contribution in [1.82, 2.24) is 15.0 Å². The SMILES string of the molecule is CC(=O)N1c2cc(OS(=O)(=O)C(F)(F)F)ncc2[C@H](Nc2nccc(C)n2)[C@@H](C)[C@@H]1C1CC1. The van der Waals surface area contributed by atoms with Crippen LogP contribution < -0.4 is 14.4 Å². The number of nitrogens with zero attached hydrogens (tertiary/aromatic N) is 4. The van der Waals surface area contributed by atoms with Gasteiger partial charge >= 0.3 is 15.6 Å². The number of carbonyl (C=O) groups is 1. The number of halogens is 3. The average Bonchev–Trinajstić information content (AvgIpc) is 3.53. The van der Waals surface area contributed by atoms with Crippen LogP contribution in [0.1, 0.15) is 44.0 Å². The second-order valence-electron chi connectivity index (χ2n) is 8.28. The summed E-state index contributed by atoms with van der Waals surface area (Å²) in [6.07, 6.45) is 4.62. The fourth-order valence-electron chi connectivity index (χ4n) is 4.29. The third-order valence-electron chi connectivity index (χ3n) is 5.85. The van der Waals surface area contributed by atoms with Crippen LogP contribution in [-0.2, 0) is 14.9 Å². The highest BCUT2D eigenvalue weighted by Crippen LogP contribution is 2.50. The van der Waals surface area contributed by atoms with Crippen molar-refractivity contribution >= 4 is 27.7 Å². The van der Waals surface area contributed by atoms with E-state index in [9.17, 15) is 26.4 Å². The molecule has 1 fully saturated rings. The zero-order valence-electron chi connectivity index (χ0n) is 18.0. The zero-order valence-corrected chi connectivity index (χ0v) is 18.8. The number of hydrogen-bond acceptors (Lipinski definition) is 8. The number of carbonyl (C=O) groups excluding carboxylic acids is 1. The largest absolute Gasteiger partial charge is 0.534 e. The van der Waals surface area contributed by atoms with Gasteiger partial charge in [0, 0.05) is 48.6 Å². The Balaban J connectivity index is 1.80. The number of anilines is 2. The van der Waals surface area contributed by atoms with E-state index >= 15 is 0 Å². The quantitative estimate of drug-likeness (QED) is 0.507. The third-order valence-corrected chi connectivity index (χ3v) is 6.80. The van der Waals surface area contributed by atoms with Crippen LogP contribution in [0.5, 0.6) is 5.88 Å². The smallest absolute Gasteiger partial charge is 0.355 e. The summed E-state index contributed by atoms with van der Waals surface area (Å²) in [5.41, 5.74) is -4.14. The lowest BCUT2D eigenvalue weighted by atomic mass is 9.80. The Morgan fingerprint density at radius 3 is 2.55 bits per heavy atom. The van der Waals surface area contributed by atoms with Gasteiger partial charge in [0.05, 0.1) is 11.7 Å². The first-order valence-electron chi connectivity index (χ1n) is 10.3. The van der Waals surface area contributed by atoms with Crippen molar-refractivity contribution in [3.63, 3.8) is 0 Å². The van der Waals surface area contributed by atoms with E-state index in [1.165, 1.54) is 18.0 Å². The first kappa shape index (κ1) is 23.2. The van der Waals surface area contributed by atoms with Crippen molar-refractivity contribution in [2.45, 2.75) is 51.2 Å². The maximum atomic E-state index is 12.8. The van der Waals surface area contributed by atoms with Crippen molar-refractivity contribution in [3.05, 3.63) is 35.8 Å². The monoisotopic (exact) mass is 485 g/mol. The lowest BCUT2D eigenvalue weighted by Crippen LogP contribution is -2.51. The zero-order chi connectivity index (χ0) is 24.1. The van der Waals surface area contributed by atoms with Gasteiger partial charge in [-0.3, -0.25) is 4.79 Å². The molecule has 3 heterocycles. The van der Waals surface area contributed by atoms with E-state index in [-0.39, 0.29) is 29.5 Å². The van der Waals surface area contributed by atoms with Gasteiger partial charge in [-0.05, 0) is 31.7 Å². The normalized spacial score (nSPS) is 23.1. The van der Waals surface area contributed by atoms with E-state index in [4.69, 9.17) is 0 Å². The molecule has 9 nitrogen and oxygen atoms in total. The topological polar surface area (TPSA) is 114 Å². The predicted molar refractivity (Wildman–Crippen MR) is 112 cm³/mol. The number of fused-ring (bicyclic) bond motifs is 1. The number of nitrogens with one attached hydrogen (secondary N) is 1. The number of aryl methyl sites for hydroxylation is 1. The summed E-state index contributed by atoms with van der Waals surface area (Å²) in [5, 5.41) is 3.25. The molecule has 1 aliphatic heterocycles. The Morgan fingerprint density at radius 1 is 1.27 bits per heavy atom. The Morgan fingerprint density at radius 2 is 1.97 bits per heavy atom. The lowest BCUT2D eigenvalue weighted by molar-refractivity contribution is -0.117. The summed E-state index contributed by atoms with van der Waals surface area (Å²) in [6.45, 7) is 5.13. The maximum absolute atomic E-state index is 12.8. The molecule has 0 unspecified atom stereocenters. The Labute approximate surface area is 188 Å². The van der Waals surface area contributed by atoms with Crippen LogP contribution in [0, 0.1) is 18.8 Å². The molecule has 1 aliphatic carbocycles. The summed E-state index contributed by atoms with van der Waals surface area (Å²) >= 11 is 0. The molecular weight excluding hydrogens is 463 g/mol. The first-order chi connectivity index (χ1) is 15.4. The van der Waals surface area contributed by atoms with Crippen molar-refractivity contribution in [3.8, 4) is 5.88 Å². The number of rotatable bonds is 5. The molecule has 4 rings (SSSR count). The summed E-state index contributed by atoms with van der Waals surface area (Å²) in [5.74, 6) is -0.654. The summed E-state index contributed by atoms with van der Waals surface area (Å²) in [7, 11) is -5.91. The minimum absolute atomic E-state index is 0.120. The van der Waals surface area contributed by atoms with Crippen LogP contribution >= 0.6 is 0 Å². The first-order valence-corrected chi connectivity index (χ1v) is 11.7. The Hall–Kier alpha value is -2.96. The minimum Gasteiger partial charge on any atom is -0.355 e. The summed E-state index contributed by atoms with van der Waals surface area (Å²) in [6, 6.07) is 2.11. The maximum Gasteiger partial charge on any atom is 0.534 e. The molecule has 1 saturated carbocycles. The minimum atomic E-state index is -5.91. The van der Waals surface area contributed by atoms with Crippen LogP contribution in [0.2, 0.25) is 0 Å². The molecule has 2 aromatic rings. The van der Waals surface area contributed by atoms with Crippen LogP contribution in [-0.4, -0.2) is 40.8 Å². The highest BCUT2D eigenvalue weighted by atomic mass is 32.2. The molecule has 0 spiro atoms. The van der Waals surface area contributed by atoms with Gasteiger partial charge in [-0.1, -0.05) is 6.92 Å². The number of amides is 1. The van der Waals surface area contributed by atoms with Crippen LogP contribution in [0.15, 0.2) is 24.5 Å². The van der Waals surface area contributed by atoms with Crippen LogP contribution in [0.3, 0.4) is 0 Å². The van der Waals surface area contributed by atoms with Crippen molar-refractivity contribution in [1.29, 1.82) is 0 Å². The molecule has 0 bridgehead atoms. The molecule has 2 aliphatic rings. The van der Waals surface area contributed by atoms with Crippen molar-refractivity contribution < 1.29 is 30.6 Å². The third kappa shape index (κ3) is 4.45. The number of aromatic nitrogens is 3. The molecule has 13 heteroatoms. The van der Waals surface area contributed by atoms with E-state index in [1.54, 1.807) is 12.3 Å². The van der Waals surface area contributed by atoms with Gasteiger partial charge < -0.3 is 14.4 Å². The number of pyridine rings is 1. The van der Waals surface area contributed by atoms with E-state index < -0.39 is 27.5 Å². The molecule has 0 radical (unpaired) electrons. The van der Waals surface area contributed by atoms with Gasteiger partial charge in [0.2, 0.25) is 17.7 Å². The average molecular weight is 485 g/mol. The van der Waals surface area contributed by atoms with Gasteiger partial charge in [-0.15, -0.1) is 0 Å². The van der Waals surface area contributed by atoms with E-state index in [1.807, 2.05) is 13.8 Å². The second-order valence-corrected chi connectivity index (χ2v) is 9.82. The van der Waals surface area contributed by atoms with Gasteiger partial charge in [0.15, 0.2) is 0 Å². The van der Waals surface area contributed by atoms with E-state index in [2.05, 4.69) is 24.5 Å². The highest BCUT2D eigenvalue weighted by Gasteiger charge is 2.50. The molecule has 2 aromatic heterocycles.